The molecule has 0 atom stereocenters. The van der Waals surface area contributed by atoms with Crippen LogP contribution in [-0.2, 0) is 0 Å². The Balaban J connectivity index is 3.07. The van der Waals surface area contributed by atoms with Gasteiger partial charge in [0.25, 0.3) is 0 Å². The zero-order valence-corrected chi connectivity index (χ0v) is 10.6. The summed E-state index contributed by atoms with van der Waals surface area (Å²) in [6.45, 7) is 6.11. The molecule has 1 aromatic carbocycles. The predicted octanol–water partition coefficient (Wildman–Crippen LogP) is 1.99. The van der Waals surface area contributed by atoms with Crippen LogP contribution in [-0.4, -0.2) is 19.0 Å². The van der Waals surface area contributed by atoms with Gasteiger partial charge in [-0.3, -0.25) is 4.79 Å². The highest BCUT2D eigenvalue weighted by atomic mass is 16.1. The zero-order valence-electron chi connectivity index (χ0n) is 10.6. The van der Waals surface area contributed by atoms with E-state index in [-0.39, 0.29) is 0 Å². The molecule has 17 heavy (non-hydrogen) atoms. The van der Waals surface area contributed by atoms with Crippen molar-refractivity contribution in [3.63, 3.8) is 0 Å². The first-order valence-electron chi connectivity index (χ1n) is 6.04. The van der Waals surface area contributed by atoms with Crippen LogP contribution in [0.3, 0.4) is 0 Å². The first kappa shape index (κ1) is 13.4. The molecule has 0 aliphatic heterocycles. The van der Waals surface area contributed by atoms with E-state index in [4.69, 9.17) is 11.5 Å². The monoisotopic (exact) mass is 235 g/mol. The molecule has 0 unspecified atom stereocenters. The van der Waals surface area contributed by atoms with E-state index < -0.39 is 5.91 Å². The average Bonchev–Trinajstić information content (AvgIpc) is 2.29. The first-order chi connectivity index (χ1) is 8.10. The summed E-state index contributed by atoms with van der Waals surface area (Å²) in [5.74, 6) is -0.417. The van der Waals surface area contributed by atoms with Gasteiger partial charge in [-0.1, -0.05) is 13.8 Å². The quantitative estimate of drug-likeness (QED) is 0.741. The molecule has 0 aromatic heterocycles. The summed E-state index contributed by atoms with van der Waals surface area (Å²) >= 11 is 0. The van der Waals surface area contributed by atoms with Gasteiger partial charge in [-0.25, -0.2) is 0 Å². The molecule has 4 heteroatoms. The minimum Gasteiger partial charge on any atom is -0.397 e. The summed E-state index contributed by atoms with van der Waals surface area (Å²) in [6, 6.07) is 5.19. The summed E-state index contributed by atoms with van der Waals surface area (Å²) in [4.78, 5) is 13.4. The molecule has 4 N–H and O–H groups in total. The second-order valence-corrected chi connectivity index (χ2v) is 4.12. The summed E-state index contributed by atoms with van der Waals surface area (Å²) < 4.78 is 0. The van der Waals surface area contributed by atoms with E-state index in [1.54, 1.807) is 18.2 Å². The lowest BCUT2D eigenvalue weighted by molar-refractivity contribution is 0.100. The second-order valence-electron chi connectivity index (χ2n) is 4.12. The normalized spacial score (nSPS) is 10.2. The lowest BCUT2D eigenvalue weighted by Crippen LogP contribution is -2.26. The Morgan fingerprint density at radius 3 is 2.29 bits per heavy atom. The minimum absolute atomic E-state index is 0.417. The highest BCUT2D eigenvalue weighted by Crippen LogP contribution is 2.25. The SMILES string of the molecule is CCCN(CCC)c1cc(C(N)=O)ccc1N. The maximum Gasteiger partial charge on any atom is 0.248 e. The Bertz CT molecular complexity index is 384. The van der Waals surface area contributed by atoms with E-state index in [1.165, 1.54) is 0 Å². The maximum absolute atomic E-state index is 11.2. The van der Waals surface area contributed by atoms with Gasteiger partial charge in [0.05, 0.1) is 11.4 Å². The molecule has 0 saturated carbocycles. The molecule has 0 heterocycles. The summed E-state index contributed by atoms with van der Waals surface area (Å²) in [5.41, 5.74) is 13.3. The van der Waals surface area contributed by atoms with E-state index in [0.29, 0.717) is 11.3 Å². The summed E-state index contributed by atoms with van der Waals surface area (Å²) in [7, 11) is 0. The van der Waals surface area contributed by atoms with E-state index in [2.05, 4.69) is 18.7 Å². The van der Waals surface area contributed by atoms with Crippen LogP contribution in [0.15, 0.2) is 18.2 Å². The second kappa shape index (κ2) is 6.13. The van der Waals surface area contributed by atoms with Crippen molar-refractivity contribution in [3.8, 4) is 0 Å². The number of primary amides is 1. The molecule has 94 valence electrons. The third-order valence-electron chi connectivity index (χ3n) is 2.64. The van der Waals surface area contributed by atoms with Crippen LogP contribution in [0.5, 0.6) is 0 Å². The molecule has 0 aliphatic carbocycles. The molecule has 1 amide bonds. The fraction of sp³-hybridized carbons (Fsp3) is 0.462. The van der Waals surface area contributed by atoms with Crippen molar-refractivity contribution in [2.75, 3.05) is 23.7 Å². The molecule has 0 fully saturated rings. The Morgan fingerprint density at radius 2 is 1.82 bits per heavy atom. The maximum atomic E-state index is 11.2. The lowest BCUT2D eigenvalue weighted by Gasteiger charge is -2.25. The molecule has 0 radical (unpaired) electrons. The Kier molecular flexibility index (Phi) is 4.82. The van der Waals surface area contributed by atoms with Gasteiger partial charge < -0.3 is 16.4 Å². The van der Waals surface area contributed by atoms with Crippen molar-refractivity contribution in [2.24, 2.45) is 5.73 Å². The largest absolute Gasteiger partial charge is 0.397 e. The van der Waals surface area contributed by atoms with E-state index in [0.717, 1.165) is 31.6 Å². The van der Waals surface area contributed by atoms with Gasteiger partial charge in [-0.15, -0.1) is 0 Å². The van der Waals surface area contributed by atoms with Gasteiger partial charge in [0.2, 0.25) is 5.91 Å². The van der Waals surface area contributed by atoms with Crippen molar-refractivity contribution in [1.82, 2.24) is 0 Å². The molecule has 1 aromatic rings. The summed E-state index contributed by atoms with van der Waals surface area (Å²) in [6.07, 6.45) is 2.08. The van der Waals surface area contributed by atoms with Gasteiger partial charge >= 0.3 is 0 Å². The van der Waals surface area contributed by atoms with Crippen LogP contribution < -0.4 is 16.4 Å². The highest BCUT2D eigenvalue weighted by molar-refractivity contribution is 5.95. The van der Waals surface area contributed by atoms with Crippen molar-refractivity contribution >= 4 is 17.3 Å². The third-order valence-corrected chi connectivity index (χ3v) is 2.64. The number of benzene rings is 1. The van der Waals surface area contributed by atoms with Crippen molar-refractivity contribution in [3.05, 3.63) is 23.8 Å². The number of carbonyl (C=O) groups excluding carboxylic acids is 1. The van der Waals surface area contributed by atoms with Crippen LogP contribution in [0.2, 0.25) is 0 Å². The summed E-state index contributed by atoms with van der Waals surface area (Å²) in [5, 5.41) is 0. The molecular weight excluding hydrogens is 214 g/mol. The molecule has 1 rings (SSSR count). The van der Waals surface area contributed by atoms with Gasteiger partial charge in [-0.2, -0.15) is 0 Å². The van der Waals surface area contributed by atoms with Gasteiger partial charge in [-0.05, 0) is 31.0 Å². The van der Waals surface area contributed by atoms with E-state index >= 15 is 0 Å². The van der Waals surface area contributed by atoms with Crippen LogP contribution in [0.4, 0.5) is 11.4 Å². The fourth-order valence-electron chi connectivity index (χ4n) is 1.86. The zero-order chi connectivity index (χ0) is 12.8. The number of carbonyl (C=O) groups is 1. The predicted molar refractivity (Wildman–Crippen MR) is 72.2 cm³/mol. The average molecular weight is 235 g/mol. The number of nitrogens with zero attached hydrogens (tertiary/aromatic N) is 1. The van der Waals surface area contributed by atoms with Crippen molar-refractivity contribution in [2.45, 2.75) is 26.7 Å². The topological polar surface area (TPSA) is 72.3 Å². The van der Waals surface area contributed by atoms with Gasteiger partial charge in [0.15, 0.2) is 0 Å². The third kappa shape index (κ3) is 3.37. The number of anilines is 2. The number of hydrogen-bond donors (Lipinski definition) is 2. The standard InChI is InChI=1S/C13H21N3O/c1-3-7-16(8-4-2)12-9-10(13(15)17)5-6-11(12)14/h5-6,9H,3-4,7-8,14H2,1-2H3,(H2,15,17). The fourth-order valence-corrected chi connectivity index (χ4v) is 1.86. The lowest BCUT2D eigenvalue weighted by atomic mass is 10.1. The number of amides is 1. The first-order valence-corrected chi connectivity index (χ1v) is 6.04. The number of nitrogen functional groups attached to an aromatic ring is 1. The molecule has 0 spiro atoms. The minimum atomic E-state index is -0.417. The van der Waals surface area contributed by atoms with E-state index in [1.807, 2.05) is 0 Å². The number of hydrogen-bond acceptors (Lipinski definition) is 3. The number of nitrogens with two attached hydrogens (primary N) is 2. The molecule has 4 nitrogen and oxygen atoms in total. The Labute approximate surface area is 103 Å². The van der Waals surface area contributed by atoms with Gasteiger partial charge in [0, 0.05) is 18.7 Å². The number of rotatable bonds is 6. The van der Waals surface area contributed by atoms with E-state index in [9.17, 15) is 4.79 Å². The highest BCUT2D eigenvalue weighted by Gasteiger charge is 2.11. The van der Waals surface area contributed by atoms with Crippen molar-refractivity contribution < 1.29 is 4.79 Å². The smallest absolute Gasteiger partial charge is 0.248 e. The van der Waals surface area contributed by atoms with Crippen LogP contribution in [0, 0.1) is 0 Å². The molecule has 0 bridgehead atoms. The van der Waals surface area contributed by atoms with Crippen LogP contribution in [0.1, 0.15) is 37.0 Å². The Morgan fingerprint density at radius 1 is 1.24 bits per heavy atom. The van der Waals surface area contributed by atoms with Crippen LogP contribution in [0.25, 0.3) is 0 Å². The Hall–Kier alpha value is -1.71. The molecular formula is C13H21N3O. The molecule has 0 aliphatic rings. The molecule has 0 saturated heterocycles. The van der Waals surface area contributed by atoms with Crippen LogP contribution >= 0.6 is 0 Å². The van der Waals surface area contributed by atoms with Gasteiger partial charge in [0.1, 0.15) is 0 Å². The van der Waals surface area contributed by atoms with Crippen molar-refractivity contribution in [1.29, 1.82) is 0 Å².